The van der Waals surface area contributed by atoms with Crippen molar-refractivity contribution in [2.24, 2.45) is 0 Å². The van der Waals surface area contributed by atoms with Crippen molar-refractivity contribution in [1.29, 1.82) is 0 Å². The topological polar surface area (TPSA) is 80.3 Å². The van der Waals surface area contributed by atoms with Gasteiger partial charge in [-0.2, -0.15) is 21.6 Å². The first-order chi connectivity index (χ1) is 13.2. The Balaban J connectivity index is 1.92. The van der Waals surface area contributed by atoms with Gasteiger partial charge >= 0.3 is 6.18 Å². The number of alkyl halides is 3. The van der Waals surface area contributed by atoms with E-state index in [2.05, 4.69) is 4.74 Å². The van der Waals surface area contributed by atoms with Gasteiger partial charge in [0.15, 0.2) is 0 Å². The summed E-state index contributed by atoms with van der Waals surface area (Å²) in [5.74, 6) is 0. The maximum Gasteiger partial charge on any atom is 0.411 e. The van der Waals surface area contributed by atoms with E-state index in [0.717, 1.165) is 5.56 Å². The summed E-state index contributed by atoms with van der Waals surface area (Å²) in [5, 5.41) is 0. The summed E-state index contributed by atoms with van der Waals surface area (Å²) in [6, 6.07) is 6.32. The molecule has 7 nitrogen and oxygen atoms in total. The molecular weight excluding hydrogens is 405 g/mol. The average molecular weight is 430 g/mol. The van der Waals surface area contributed by atoms with Gasteiger partial charge in [0.25, 0.3) is 10.1 Å². The Morgan fingerprint density at radius 3 is 1.64 bits per heavy atom. The van der Waals surface area contributed by atoms with Crippen molar-refractivity contribution in [1.82, 2.24) is 0 Å². The zero-order chi connectivity index (χ0) is 20.9. The number of ether oxygens (including phenoxy) is 4. The van der Waals surface area contributed by atoms with E-state index in [-0.39, 0.29) is 57.8 Å². The normalized spacial score (nSPS) is 12.4. The Morgan fingerprint density at radius 2 is 1.18 bits per heavy atom. The number of halogens is 3. The molecule has 0 aliphatic heterocycles. The molecule has 0 saturated heterocycles. The second-order valence-corrected chi connectivity index (χ2v) is 7.21. The summed E-state index contributed by atoms with van der Waals surface area (Å²) in [4.78, 5) is 0.0882. The van der Waals surface area contributed by atoms with Gasteiger partial charge in [-0.25, -0.2) is 0 Å². The van der Waals surface area contributed by atoms with Crippen LogP contribution in [0.3, 0.4) is 0 Å². The molecule has 0 aromatic heterocycles. The molecule has 0 spiro atoms. The van der Waals surface area contributed by atoms with Gasteiger partial charge in [0.2, 0.25) is 0 Å². The summed E-state index contributed by atoms with van der Waals surface area (Å²) in [5.41, 5.74) is 0.947. The quantitative estimate of drug-likeness (QED) is 0.312. The fraction of sp³-hybridized carbons (Fsp3) is 0.647. The van der Waals surface area contributed by atoms with E-state index >= 15 is 0 Å². The van der Waals surface area contributed by atoms with Crippen LogP contribution >= 0.6 is 0 Å². The highest BCUT2D eigenvalue weighted by Gasteiger charge is 2.27. The predicted molar refractivity (Wildman–Crippen MR) is 93.6 cm³/mol. The third kappa shape index (κ3) is 12.3. The van der Waals surface area contributed by atoms with Crippen LogP contribution in [0.4, 0.5) is 13.2 Å². The maximum atomic E-state index is 11.9. The highest BCUT2D eigenvalue weighted by atomic mass is 32.2. The number of rotatable bonds is 15. The van der Waals surface area contributed by atoms with Crippen molar-refractivity contribution in [2.75, 3.05) is 59.5 Å². The van der Waals surface area contributed by atoms with Gasteiger partial charge in [-0.3, -0.25) is 4.18 Å². The van der Waals surface area contributed by atoms with Crippen LogP contribution < -0.4 is 0 Å². The third-order valence-corrected chi connectivity index (χ3v) is 4.48. The molecule has 0 aliphatic rings. The molecule has 162 valence electrons. The summed E-state index contributed by atoms with van der Waals surface area (Å²) in [6.07, 6.45) is -4.33. The minimum absolute atomic E-state index is 0.0444. The SMILES string of the molecule is Cc1ccc(S(=O)(=O)OCCOCCOCCOCCOCC(F)(F)F)cc1. The summed E-state index contributed by atoms with van der Waals surface area (Å²) < 4.78 is 83.9. The molecule has 0 saturated carbocycles. The highest BCUT2D eigenvalue weighted by molar-refractivity contribution is 7.86. The molecule has 0 fully saturated rings. The van der Waals surface area contributed by atoms with Crippen LogP contribution in [0.1, 0.15) is 5.56 Å². The average Bonchev–Trinajstić information content (AvgIpc) is 2.61. The van der Waals surface area contributed by atoms with Crippen molar-refractivity contribution in [2.45, 2.75) is 18.0 Å². The minimum Gasteiger partial charge on any atom is -0.377 e. The van der Waals surface area contributed by atoms with Gasteiger partial charge in [-0.1, -0.05) is 17.7 Å². The van der Waals surface area contributed by atoms with Gasteiger partial charge in [0, 0.05) is 0 Å². The third-order valence-electron chi connectivity index (χ3n) is 3.16. The molecule has 1 rings (SSSR count). The zero-order valence-corrected chi connectivity index (χ0v) is 16.4. The van der Waals surface area contributed by atoms with E-state index in [4.69, 9.17) is 18.4 Å². The van der Waals surface area contributed by atoms with Crippen LogP contribution in [0.5, 0.6) is 0 Å². The van der Waals surface area contributed by atoms with Gasteiger partial charge < -0.3 is 18.9 Å². The monoisotopic (exact) mass is 430 g/mol. The molecule has 0 radical (unpaired) electrons. The van der Waals surface area contributed by atoms with E-state index in [1.807, 2.05) is 6.92 Å². The van der Waals surface area contributed by atoms with Crippen LogP contribution in [0.15, 0.2) is 29.2 Å². The van der Waals surface area contributed by atoms with E-state index < -0.39 is 22.9 Å². The van der Waals surface area contributed by atoms with Crippen LogP contribution in [0.25, 0.3) is 0 Å². The van der Waals surface area contributed by atoms with Crippen molar-refractivity contribution in [3.63, 3.8) is 0 Å². The molecule has 0 heterocycles. The molecular formula is C17H25F3O7S. The van der Waals surface area contributed by atoms with Gasteiger partial charge in [-0.15, -0.1) is 0 Å². The second-order valence-electron chi connectivity index (χ2n) is 5.59. The first kappa shape index (κ1) is 24.8. The van der Waals surface area contributed by atoms with Crippen LogP contribution in [0, 0.1) is 6.92 Å². The number of aryl methyl sites for hydroxylation is 1. The fourth-order valence-electron chi connectivity index (χ4n) is 1.82. The van der Waals surface area contributed by atoms with E-state index in [9.17, 15) is 21.6 Å². The number of benzene rings is 1. The highest BCUT2D eigenvalue weighted by Crippen LogP contribution is 2.14. The lowest BCUT2D eigenvalue weighted by Gasteiger charge is -2.09. The lowest BCUT2D eigenvalue weighted by atomic mass is 10.2. The van der Waals surface area contributed by atoms with Crippen molar-refractivity contribution in [3.8, 4) is 0 Å². The number of hydrogen-bond acceptors (Lipinski definition) is 7. The molecule has 0 N–H and O–H groups in total. The minimum atomic E-state index is -4.33. The van der Waals surface area contributed by atoms with Crippen LogP contribution in [-0.4, -0.2) is 74.1 Å². The van der Waals surface area contributed by atoms with E-state index in [1.54, 1.807) is 12.1 Å². The first-order valence-corrected chi connectivity index (χ1v) is 9.95. The molecule has 1 aromatic carbocycles. The largest absolute Gasteiger partial charge is 0.411 e. The predicted octanol–water partition coefficient (Wildman–Crippen LogP) is 2.33. The van der Waals surface area contributed by atoms with Crippen molar-refractivity contribution in [3.05, 3.63) is 29.8 Å². The molecule has 1 aromatic rings. The van der Waals surface area contributed by atoms with Gasteiger partial charge in [0.1, 0.15) is 6.61 Å². The van der Waals surface area contributed by atoms with Crippen molar-refractivity contribution < 1.29 is 44.7 Å². The summed E-state index contributed by atoms with van der Waals surface area (Å²) in [6.45, 7) is 1.40. The van der Waals surface area contributed by atoms with Crippen LogP contribution in [0.2, 0.25) is 0 Å². The Labute approximate surface area is 162 Å². The molecule has 0 amide bonds. The number of hydrogen-bond donors (Lipinski definition) is 0. The lowest BCUT2D eigenvalue weighted by molar-refractivity contribution is -0.176. The van der Waals surface area contributed by atoms with E-state index in [1.165, 1.54) is 12.1 Å². The van der Waals surface area contributed by atoms with Crippen molar-refractivity contribution >= 4 is 10.1 Å². The Hall–Kier alpha value is -1.24. The Morgan fingerprint density at radius 1 is 0.750 bits per heavy atom. The summed E-state index contributed by atoms with van der Waals surface area (Å²) >= 11 is 0. The van der Waals surface area contributed by atoms with Gasteiger partial charge in [0.05, 0.1) is 57.8 Å². The lowest BCUT2D eigenvalue weighted by Crippen LogP contribution is -2.19. The standard InChI is InChI=1S/C17H25F3O7S/c1-15-2-4-16(5-3-15)28(21,22)27-13-12-25-9-8-23-6-7-24-10-11-26-14-17(18,19)20/h2-5H,6-14H2,1H3. The summed E-state index contributed by atoms with van der Waals surface area (Å²) in [7, 11) is -3.80. The second kappa shape index (κ2) is 13.1. The fourth-order valence-corrected chi connectivity index (χ4v) is 2.72. The Bertz CT molecular complexity index is 633. The molecule has 28 heavy (non-hydrogen) atoms. The van der Waals surface area contributed by atoms with Crippen LogP contribution in [-0.2, 0) is 33.2 Å². The Kier molecular flexibility index (Phi) is 11.6. The van der Waals surface area contributed by atoms with Gasteiger partial charge in [-0.05, 0) is 19.1 Å². The van der Waals surface area contributed by atoms with E-state index in [0.29, 0.717) is 0 Å². The molecule has 0 unspecified atom stereocenters. The first-order valence-electron chi connectivity index (χ1n) is 8.54. The zero-order valence-electron chi connectivity index (χ0n) is 15.6. The molecule has 0 aliphatic carbocycles. The maximum absolute atomic E-state index is 11.9. The molecule has 0 bridgehead atoms. The molecule has 0 atom stereocenters. The molecule has 11 heteroatoms. The smallest absolute Gasteiger partial charge is 0.377 e.